The van der Waals surface area contributed by atoms with E-state index in [1.54, 1.807) is 42.5 Å². The molecule has 180 valence electrons. The van der Waals surface area contributed by atoms with E-state index in [2.05, 4.69) is 31.3 Å². The highest BCUT2D eigenvalue weighted by atomic mass is 35.5. The van der Waals surface area contributed by atoms with Crippen molar-refractivity contribution in [3.8, 4) is 0 Å². The molecule has 8 heteroatoms. The smallest absolute Gasteiger partial charge is 0.251 e. The molecule has 0 heterocycles. The molecule has 0 aromatic heterocycles. The van der Waals surface area contributed by atoms with Crippen molar-refractivity contribution >= 4 is 44.8 Å². The van der Waals surface area contributed by atoms with Crippen molar-refractivity contribution in [2.45, 2.75) is 40.3 Å². The molecule has 0 fully saturated rings. The summed E-state index contributed by atoms with van der Waals surface area (Å²) in [5.74, 6) is -0.239. The number of nitrogens with zero attached hydrogens (tertiary/aromatic N) is 1. The minimum absolute atomic E-state index is 0.0219. The van der Waals surface area contributed by atoms with E-state index in [0.717, 1.165) is 17.4 Å². The van der Waals surface area contributed by atoms with E-state index < -0.39 is 10.0 Å². The van der Waals surface area contributed by atoms with Gasteiger partial charge in [0.05, 0.1) is 24.5 Å². The fourth-order valence-corrected chi connectivity index (χ4v) is 5.20. The van der Waals surface area contributed by atoms with E-state index in [4.69, 9.17) is 23.2 Å². The van der Waals surface area contributed by atoms with E-state index in [-0.39, 0.29) is 18.5 Å². The highest BCUT2D eigenvalue weighted by Crippen LogP contribution is 2.29. The summed E-state index contributed by atoms with van der Waals surface area (Å²) in [5, 5.41) is 3.79. The van der Waals surface area contributed by atoms with Crippen molar-refractivity contribution in [2.24, 2.45) is 0 Å². The number of sulfonamides is 1. The molecule has 34 heavy (non-hydrogen) atoms. The van der Waals surface area contributed by atoms with Crippen LogP contribution in [0.15, 0.2) is 54.6 Å². The van der Waals surface area contributed by atoms with Crippen molar-refractivity contribution < 1.29 is 13.2 Å². The number of amides is 1. The molecule has 5 nitrogen and oxygen atoms in total. The number of aryl methyl sites for hydroxylation is 3. The van der Waals surface area contributed by atoms with Gasteiger partial charge in [0.1, 0.15) is 0 Å². The second-order valence-corrected chi connectivity index (χ2v) is 11.2. The Morgan fingerprint density at radius 3 is 2.06 bits per heavy atom. The normalized spacial score (nSPS) is 12.3. The molecule has 1 unspecified atom stereocenters. The second kappa shape index (κ2) is 10.4. The Bertz CT molecular complexity index is 1300. The minimum atomic E-state index is -3.63. The molecule has 3 aromatic rings. The van der Waals surface area contributed by atoms with E-state index in [1.807, 2.05) is 13.8 Å². The molecule has 0 saturated heterocycles. The molecule has 3 aromatic carbocycles. The third kappa shape index (κ3) is 5.93. The number of benzene rings is 3. The second-order valence-electron chi connectivity index (χ2n) is 8.50. The van der Waals surface area contributed by atoms with Gasteiger partial charge in [-0.25, -0.2) is 8.42 Å². The summed E-state index contributed by atoms with van der Waals surface area (Å²) in [6.45, 7) is 8.07. The lowest BCUT2D eigenvalue weighted by Gasteiger charge is -2.24. The predicted molar refractivity (Wildman–Crippen MR) is 140 cm³/mol. The topological polar surface area (TPSA) is 66.5 Å². The first kappa shape index (κ1) is 26.1. The lowest BCUT2D eigenvalue weighted by molar-refractivity contribution is 0.0940. The summed E-state index contributed by atoms with van der Waals surface area (Å²) in [6.07, 6.45) is 1.12. The Morgan fingerprint density at radius 1 is 0.941 bits per heavy atom. The fourth-order valence-electron chi connectivity index (χ4n) is 3.81. The summed E-state index contributed by atoms with van der Waals surface area (Å²) in [6, 6.07) is 15.5. The first-order valence-corrected chi connectivity index (χ1v) is 13.4. The summed E-state index contributed by atoms with van der Waals surface area (Å²) >= 11 is 12.5. The molecule has 0 aliphatic rings. The van der Waals surface area contributed by atoms with Crippen LogP contribution < -0.4 is 9.62 Å². The molecule has 1 N–H and O–H groups in total. The van der Waals surface area contributed by atoms with Gasteiger partial charge in [-0.1, -0.05) is 41.4 Å². The number of carbonyl (C=O) groups excluding carboxylic acids is 1. The molecule has 0 spiro atoms. The van der Waals surface area contributed by atoms with Crippen LogP contribution in [0.4, 0.5) is 5.69 Å². The average Bonchev–Trinajstić information content (AvgIpc) is 2.75. The van der Waals surface area contributed by atoms with Gasteiger partial charge in [-0.15, -0.1) is 0 Å². The van der Waals surface area contributed by atoms with Crippen molar-refractivity contribution in [2.75, 3.05) is 10.6 Å². The fraction of sp³-hybridized carbons (Fsp3) is 0.269. The summed E-state index contributed by atoms with van der Waals surface area (Å²) in [4.78, 5) is 12.9. The van der Waals surface area contributed by atoms with Crippen LogP contribution in [-0.2, 0) is 16.6 Å². The maximum absolute atomic E-state index is 12.9. The highest BCUT2D eigenvalue weighted by Gasteiger charge is 2.21. The number of nitrogens with one attached hydrogen (secondary N) is 1. The summed E-state index contributed by atoms with van der Waals surface area (Å²) in [5.41, 5.74) is 5.92. The molecule has 3 rings (SSSR count). The lowest BCUT2D eigenvalue weighted by atomic mass is 9.96. The number of anilines is 1. The zero-order valence-corrected chi connectivity index (χ0v) is 22.1. The minimum Gasteiger partial charge on any atom is -0.346 e. The third-order valence-corrected chi connectivity index (χ3v) is 7.73. The van der Waals surface area contributed by atoms with Gasteiger partial charge < -0.3 is 5.32 Å². The quantitative estimate of drug-likeness (QED) is 0.394. The van der Waals surface area contributed by atoms with Crippen LogP contribution in [0.1, 0.15) is 51.1 Å². The van der Waals surface area contributed by atoms with Crippen LogP contribution in [0, 0.1) is 20.8 Å². The Balaban J connectivity index is 1.82. The molecule has 1 amide bonds. The first-order chi connectivity index (χ1) is 15.9. The maximum Gasteiger partial charge on any atom is 0.251 e. The van der Waals surface area contributed by atoms with Gasteiger partial charge in [-0.2, -0.15) is 0 Å². The molecular formula is C26H28Cl2N2O3S. The van der Waals surface area contributed by atoms with E-state index >= 15 is 0 Å². The number of rotatable bonds is 7. The van der Waals surface area contributed by atoms with E-state index in [9.17, 15) is 13.2 Å². The maximum atomic E-state index is 12.9. The van der Waals surface area contributed by atoms with Gasteiger partial charge in [0.15, 0.2) is 0 Å². The largest absolute Gasteiger partial charge is 0.346 e. The van der Waals surface area contributed by atoms with Gasteiger partial charge in [-0.05, 0) is 86.3 Å². The number of hydrogen-bond acceptors (Lipinski definition) is 3. The van der Waals surface area contributed by atoms with Crippen LogP contribution in [0.3, 0.4) is 0 Å². The average molecular weight is 519 g/mol. The lowest BCUT2D eigenvalue weighted by Crippen LogP contribution is -2.30. The SMILES string of the molecule is Cc1cc(C)c(C(C)NC(=O)c2ccc(N(Cc3c(Cl)cccc3Cl)S(C)(=O)=O)cc2)cc1C. The van der Waals surface area contributed by atoms with E-state index in [0.29, 0.717) is 26.9 Å². The van der Waals surface area contributed by atoms with Gasteiger partial charge >= 0.3 is 0 Å². The van der Waals surface area contributed by atoms with Crippen LogP contribution in [0.25, 0.3) is 0 Å². The van der Waals surface area contributed by atoms with Crippen LogP contribution in [0.2, 0.25) is 10.0 Å². The monoisotopic (exact) mass is 518 g/mol. The molecule has 0 aliphatic heterocycles. The van der Waals surface area contributed by atoms with Crippen molar-refractivity contribution in [1.82, 2.24) is 5.32 Å². The summed E-state index contributed by atoms with van der Waals surface area (Å²) in [7, 11) is -3.63. The standard InChI is InChI=1S/C26H28Cl2N2O3S/c1-16-13-18(3)22(14-17(16)2)19(4)29-26(31)20-9-11-21(12-10-20)30(34(5,32)33)15-23-24(27)7-6-8-25(23)28/h6-14,19H,15H2,1-5H3,(H,29,31). The van der Waals surface area contributed by atoms with Crippen LogP contribution in [0.5, 0.6) is 0 Å². The zero-order chi connectivity index (χ0) is 25.2. The Morgan fingerprint density at radius 2 is 1.50 bits per heavy atom. The molecule has 0 aliphatic carbocycles. The number of halogens is 2. The van der Waals surface area contributed by atoms with Gasteiger partial charge in [0, 0.05) is 21.2 Å². The Kier molecular flexibility index (Phi) is 7.96. The van der Waals surface area contributed by atoms with Gasteiger partial charge in [0.25, 0.3) is 5.91 Å². The third-order valence-electron chi connectivity index (χ3n) is 5.88. The van der Waals surface area contributed by atoms with Crippen molar-refractivity contribution in [3.05, 3.63) is 98.0 Å². The molecule has 1 atom stereocenters. The van der Waals surface area contributed by atoms with Crippen molar-refractivity contribution in [1.29, 1.82) is 0 Å². The van der Waals surface area contributed by atoms with Crippen LogP contribution in [-0.4, -0.2) is 20.6 Å². The van der Waals surface area contributed by atoms with Crippen molar-refractivity contribution in [3.63, 3.8) is 0 Å². The Labute approximate surface area is 211 Å². The Hall–Kier alpha value is -2.54. The van der Waals surface area contributed by atoms with Gasteiger partial charge in [-0.3, -0.25) is 9.10 Å². The van der Waals surface area contributed by atoms with E-state index in [1.165, 1.54) is 15.4 Å². The molecule has 0 saturated carbocycles. The predicted octanol–water partition coefficient (Wildman–Crippen LogP) is 6.38. The van der Waals surface area contributed by atoms with Gasteiger partial charge in [0.2, 0.25) is 10.0 Å². The summed E-state index contributed by atoms with van der Waals surface area (Å²) < 4.78 is 26.3. The zero-order valence-electron chi connectivity index (χ0n) is 19.8. The molecular weight excluding hydrogens is 491 g/mol. The highest BCUT2D eigenvalue weighted by molar-refractivity contribution is 7.92. The number of hydrogen-bond donors (Lipinski definition) is 1. The van der Waals surface area contributed by atoms with Crippen LogP contribution >= 0.6 is 23.2 Å². The number of carbonyl (C=O) groups is 1. The first-order valence-electron chi connectivity index (χ1n) is 10.8. The molecule has 0 radical (unpaired) electrons. The molecule has 0 bridgehead atoms.